The van der Waals surface area contributed by atoms with Crippen LogP contribution in [0.5, 0.6) is 0 Å². The maximum absolute atomic E-state index is 11.1. The molecule has 1 aliphatic rings. The number of hydrogen-bond acceptors (Lipinski definition) is 5. The first kappa shape index (κ1) is 15.3. The third kappa shape index (κ3) is 2.98. The molecule has 0 amide bonds. The topological polar surface area (TPSA) is 96.2 Å². The molecule has 1 aromatic rings. The summed E-state index contributed by atoms with van der Waals surface area (Å²) in [6.45, 7) is 3.44. The lowest BCUT2D eigenvalue weighted by atomic mass is 10.0. The summed E-state index contributed by atoms with van der Waals surface area (Å²) < 4.78 is 0. The second kappa shape index (κ2) is 6.55. The van der Waals surface area contributed by atoms with E-state index in [0.717, 1.165) is 31.5 Å². The Morgan fingerprint density at radius 1 is 1.52 bits per heavy atom. The van der Waals surface area contributed by atoms with Crippen molar-refractivity contribution < 1.29 is 4.92 Å². The summed E-state index contributed by atoms with van der Waals surface area (Å²) in [5, 5.41) is 20.1. The number of rotatable bonds is 5. The molecule has 2 atom stereocenters. The molecule has 1 aliphatic carbocycles. The number of nitro groups is 1. The molecule has 0 bridgehead atoms. The van der Waals surface area contributed by atoms with Gasteiger partial charge in [0, 0.05) is 24.3 Å². The van der Waals surface area contributed by atoms with Crippen molar-refractivity contribution in [2.75, 3.05) is 18.0 Å². The molecule has 0 saturated heterocycles. The highest BCUT2D eigenvalue weighted by atomic mass is 16.6. The van der Waals surface area contributed by atoms with E-state index in [1.165, 1.54) is 12.1 Å². The Morgan fingerprint density at radius 2 is 2.29 bits per heavy atom. The summed E-state index contributed by atoms with van der Waals surface area (Å²) in [6.07, 6.45) is 3.31. The van der Waals surface area contributed by atoms with Gasteiger partial charge in [-0.1, -0.05) is 6.42 Å². The van der Waals surface area contributed by atoms with E-state index in [9.17, 15) is 10.1 Å². The zero-order chi connectivity index (χ0) is 15.4. The smallest absolute Gasteiger partial charge is 0.289 e. The second-order valence-corrected chi connectivity index (χ2v) is 5.35. The monoisotopic (exact) mass is 288 g/mol. The second-order valence-electron chi connectivity index (χ2n) is 5.35. The molecule has 6 heteroatoms. The molecule has 0 spiro atoms. The summed E-state index contributed by atoms with van der Waals surface area (Å²) in [5.41, 5.74) is 6.61. The van der Waals surface area contributed by atoms with Crippen LogP contribution in [0.25, 0.3) is 0 Å². The number of nitro benzene ring substituents is 1. The summed E-state index contributed by atoms with van der Waals surface area (Å²) in [6, 6.07) is 7.03. The van der Waals surface area contributed by atoms with Gasteiger partial charge in [-0.2, -0.15) is 5.26 Å². The van der Waals surface area contributed by atoms with Crippen molar-refractivity contribution in [3.05, 3.63) is 33.9 Å². The fourth-order valence-electron chi connectivity index (χ4n) is 3.26. The number of benzene rings is 1. The molecule has 0 aromatic heterocycles. The third-order valence-corrected chi connectivity index (χ3v) is 4.29. The molecule has 2 rings (SSSR count). The van der Waals surface area contributed by atoms with Crippen LogP contribution in [0.1, 0.15) is 31.7 Å². The first-order valence-electron chi connectivity index (χ1n) is 7.27. The lowest BCUT2D eigenvalue weighted by molar-refractivity contribution is -0.385. The van der Waals surface area contributed by atoms with E-state index in [1.54, 1.807) is 6.07 Å². The summed E-state index contributed by atoms with van der Waals surface area (Å²) in [5.74, 6) is 0.430. The normalized spacial score (nSPS) is 21.0. The number of nitriles is 1. The predicted octanol–water partition coefficient (Wildman–Crippen LogP) is 2.42. The van der Waals surface area contributed by atoms with Crippen LogP contribution in [0.4, 0.5) is 11.4 Å². The minimum absolute atomic E-state index is 0.0987. The molecule has 21 heavy (non-hydrogen) atoms. The van der Waals surface area contributed by atoms with Crippen molar-refractivity contribution in [3.8, 4) is 6.07 Å². The van der Waals surface area contributed by atoms with Crippen LogP contribution in [-0.4, -0.2) is 24.1 Å². The number of nitrogens with two attached hydrogens (primary N) is 1. The summed E-state index contributed by atoms with van der Waals surface area (Å²) in [7, 11) is 0. The molecular formula is C15H20N4O2. The van der Waals surface area contributed by atoms with Crippen molar-refractivity contribution in [2.24, 2.45) is 11.7 Å². The van der Waals surface area contributed by atoms with Gasteiger partial charge in [0.05, 0.1) is 4.92 Å². The van der Waals surface area contributed by atoms with Gasteiger partial charge in [0.2, 0.25) is 0 Å². The fourth-order valence-corrected chi connectivity index (χ4v) is 3.26. The average molecular weight is 288 g/mol. The highest BCUT2D eigenvalue weighted by molar-refractivity contribution is 5.60. The van der Waals surface area contributed by atoms with Gasteiger partial charge >= 0.3 is 0 Å². The van der Waals surface area contributed by atoms with Gasteiger partial charge in [0.25, 0.3) is 5.69 Å². The van der Waals surface area contributed by atoms with Crippen LogP contribution >= 0.6 is 0 Å². The lowest BCUT2D eigenvalue weighted by Crippen LogP contribution is -2.40. The van der Waals surface area contributed by atoms with Gasteiger partial charge in [-0.05, 0) is 44.4 Å². The van der Waals surface area contributed by atoms with Gasteiger partial charge < -0.3 is 10.6 Å². The Hall–Kier alpha value is -2.13. The van der Waals surface area contributed by atoms with Crippen molar-refractivity contribution in [3.63, 3.8) is 0 Å². The zero-order valence-electron chi connectivity index (χ0n) is 12.2. The highest BCUT2D eigenvalue weighted by Crippen LogP contribution is 2.34. The molecule has 0 radical (unpaired) electrons. The molecule has 0 heterocycles. The number of anilines is 1. The molecule has 112 valence electrons. The quantitative estimate of drug-likeness (QED) is 0.663. The Labute approximate surface area is 124 Å². The summed E-state index contributed by atoms with van der Waals surface area (Å²) >= 11 is 0. The van der Waals surface area contributed by atoms with Crippen LogP contribution < -0.4 is 10.6 Å². The minimum atomic E-state index is -0.495. The Balaban J connectivity index is 2.37. The van der Waals surface area contributed by atoms with E-state index in [2.05, 4.69) is 4.90 Å². The maximum atomic E-state index is 11.1. The first-order chi connectivity index (χ1) is 10.1. The lowest BCUT2D eigenvalue weighted by Gasteiger charge is -2.33. The predicted molar refractivity (Wildman–Crippen MR) is 81.0 cm³/mol. The SMILES string of the molecule is CCN(c1ccc(C#N)c([N+](=O)[O-])c1)C1CCCC1CN. The van der Waals surface area contributed by atoms with Crippen molar-refractivity contribution in [1.29, 1.82) is 5.26 Å². The fraction of sp³-hybridized carbons (Fsp3) is 0.533. The molecule has 0 aliphatic heterocycles. The number of hydrogen-bond donors (Lipinski definition) is 1. The molecule has 2 unspecified atom stereocenters. The molecule has 6 nitrogen and oxygen atoms in total. The molecule has 2 N–H and O–H groups in total. The van der Waals surface area contributed by atoms with Crippen LogP contribution in [0.15, 0.2) is 18.2 Å². The third-order valence-electron chi connectivity index (χ3n) is 4.29. The van der Waals surface area contributed by atoms with Crippen LogP contribution in [0.3, 0.4) is 0 Å². The van der Waals surface area contributed by atoms with Gasteiger partial charge in [0.1, 0.15) is 11.6 Å². The number of nitrogens with zero attached hydrogens (tertiary/aromatic N) is 3. The Bertz CT molecular complexity index is 567. The van der Waals surface area contributed by atoms with Gasteiger partial charge in [-0.15, -0.1) is 0 Å². The first-order valence-corrected chi connectivity index (χ1v) is 7.27. The van der Waals surface area contributed by atoms with Gasteiger partial charge in [0.15, 0.2) is 0 Å². The van der Waals surface area contributed by atoms with Gasteiger partial charge in [-0.25, -0.2) is 0 Å². The molecule has 1 saturated carbocycles. The van der Waals surface area contributed by atoms with Crippen molar-refractivity contribution >= 4 is 11.4 Å². The van der Waals surface area contributed by atoms with Crippen LogP contribution in [0, 0.1) is 27.4 Å². The van der Waals surface area contributed by atoms with E-state index < -0.39 is 4.92 Å². The largest absolute Gasteiger partial charge is 0.368 e. The highest BCUT2D eigenvalue weighted by Gasteiger charge is 2.31. The van der Waals surface area contributed by atoms with Crippen LogP contribution in [-0.2, 0) is 0 Å². The molecular weight excluding hydrogens is 268 g/mol. The van der Waals surface area contributed by atoms with E-state index in [0.29, 0.717) is 18.5 Å². The maximum Gasteiger partial charge on any atom is 0.289 e. The average Bonchev–Trinajstić information content (AvgIpc) is 2.96. The van der Waals surface area contributed by atoms with Crippen molar-refractivity contribution in [2.45, 2.75) is 32.2 Å². The summed E-state index contributed by atoms with van der Waals surface area (Å²) in [4.78, 5) is 12.8. The zero-order valence-corrected chi connectivity index (χ0v) is 12.2. The Morgan fingerprint density at radius 3 is 2.86 bits per heavy atom. The van der Waals surface area contributed by atoms with E-state index in [4.69, 9.17) is 11.0 Å². The van der Waals surface area contributed by atoms with E-state index >= 15 is 0 Å². The standard InChI is InChI=1S/C15H20N4O2/c1-2-18(14-5-3-4-11(14)9-16)13-7-6-12(10-17)15(8-13)19(20)21/h6-8,11,14H,2-5,9,16H2,1H3. The Kier molecular flexibility index (Phi) is 4.76. The van der Waals surface area contributed by atoms with E-state index in [-0.39, 0.29) is 11.3 Å². The van der Waals surface area contributed by atoms with E-state index in [1.807, 2.05) is 13.0 Å². The minimum Gasteiger partial charge on any atom is -0.368 e. The molecule has 1 aromatic carbocycles. The van der Waals surface area contributed by atoms with Crippen molar-refractivity contribution in [1.82, 2.24) is 0 Å². The van der Waals surface area contributed by atoms with Gasteiger partial charge in [-0.3, -0.25) is 10.1 Å². The molecule has 1 fully saturated rings. The van der Waals surface area contributed by atoms with Crippen LogP contribution in [0.2, 0.25) is 0 Å².